The molecule has 0 heterocycles. The molecule has 0 saturated carbocycles. The second-order valence-electron chi connectivity index (χ2n) is 4.08. The van der Waals surface area contributed by atoms with E-state index in [1.165, 1.54) is 12.7 Å². The Kier molecular flexibility index (Phi) is 4.39. The zero-order valence-electron chi connectivity index (χ0n) is 10.8. The molecule has 0 bridgehead atoms. The number of hydrogen-bond donors (Lipinski definition) is 2. The van der Waals surface area contributed by atoms with Crippen molar-refractivity contribution in [2.24, 2.45) is 10.9 Å². The van der Waals surface area contributed by atoms with Gasteiger partial charge in [-0.05, 0) is 17.7 Å². The number of amidine groups is 1. The van der Waals surface area contributed by atoms with Gasteiger partial charge in [0.15, 0.2) is 5.84 Å². The van der Waals surface area contributed by atoms with Crippen molar-refractivity contribution in [1.29, 1.82) is 0 Å². The quantitative estimate of drug-likeness (QED) is 0.490. The van der Waals surface area contributed by atoms with E-state index in [1.54, 1.807) is 0 Å². The number of para-hydroxylation sites is 1. The minimum absolute atomic E-state index is 0.380. The number of nitrogens with zero attached hydrogens (tertiary/aromatic N) is 1. The number of anilines is 1. The molecule has 2 rings (SSSR count). The van der Waals surface area contributed by atoms with Gasteiger partial charge in [0.2, 0.25) is 0 Å². The average Bonchev–Trinajstić information content (AvgIpc) is 2.47. The predicted octanol–water partition coefficient (Wildman–Crippen LogP) is 2.57. The van der Waals surface area contributed by atoms with E-state index in [0.29, 0.717) is 5.84 Å². The first kappa shape index (κ1) is 13.0. The fraction of sp³-hybridized carbons (Fsp3) is 0.133. The Hall–Kier alpha value is -2.49. The highest BCUT2D eigenvalue weighted by atomic mass is 16.6. The summed E-state index contributed by atoms with van der Waals surface area (Å²) in [5.41, 5.74) is 8.86. The van der Waals surface area contributed by atoms with E-state index < -0.39 is 0 Å². The third-order valence-corrected chi connectivity index (χ3v) is 2.71. The number of rotatable bonds is 5. The highest BCUT2D eigenvalue weighted by molar-refractivity contribution is 5.97. The Morgan fingerprint density at radius 1 is 1.11 bits per heavy atom. The average molecular weight is 255 g/mol. The lowest BCUT2D eigenvalue weighted by molar-refractivity contribution is 0.213. The number of nitrogens with one attached hydrogen (secondary N) is 1. The maximum atomic E-state index is 5.73. The van der Waals surface area contributed by atoms with Gasteiger partial charge in [-0.3, -0.25) is 0 Å². The van der Waals surface area contributed by atoms with Crippen molar-refractivity contribution in [1.82, 2.24) is 0 Å². The van der Waals surface area contributed by atoms with E-state index in [4.69, 9.17) is 5.73 Å². The molecular weight excluding hydrogens is 238 g/mol. The smallest absolute Gasteiger partial charge is 0.170 e. The van der Waals surface area contributed by atoms with E-state index in [-0.39, 0.29) is 0 Å². The minimum Gasteiger partial charge on any atom is -0.397 e. The van der Waals surface area contributed by atoms with E-state index in [9.17, 15) is 0 Å². The van der Waals surface area contributed by atoms with Gasteiger partial charge >= 0.3 is 0 Å². The van der Waals surface area contributed by atoms with Gasteiger partial charge in [-0.1, -0.05) is 47.6 Å². The molecule has 98 valence electrons. The van der Waals surface area contributed by atoms with Crippen LogP contribution in [0, 0.1) is 0 Å². The Morgan fingerprint density at radius 3 is 2.42 bits per heavy atom. The van der Waals surface area contributed by atoms with Crippen molar-refractivity contribution in [3.63, 3.8) is 0 Å². The summed E-state index contributed by atoms with van der Waals surface area (Å²) in [7, 11) is 1.48. The van der Waals surface area contributed by atoms with Crippen LogP contribution in [0.2, 0.25) is 0 Å². The molecule has 0 atom stereocenters. The molecule has 0 aromatic heterocycles. The van der Waals surface area contributed by atoms with Crippen molar-refractivity contribution in [3.8, 4) is 0 Å². The third-order valence-electron chi connectivity index (χ3n) is 2.71. The predicted molar refractivity (Wildman–Crippen MR) is 77.9 cm³/mol. The molecule has 2 aromatic rings. The van der Waals surface area contributed by atoms with Crippen LogP contribution in [0.4, 0.5) is 5.69 Å². The fourth-order valence-corrected chi connectivity index (χ4v) is 1.70. The van der Waals surface area contributed by atoms with Crippen LogP contribution in [0.3, 0.4) is 0 Å². The maximum absolute atomic E-state index is 5.73. The van der Waals surface area contributed by atoms with Crippen LogP contribution in [0.5, 0.6) is 0 Å². The van der Waals surface area contributed by atoms with E-state index in [2.05, 4.69) is 15.3 Å². The molecule has 0 saturated heterocycles. The summed E-state index contributed by atoms with van der Waals surface area (Å²) >= 11 is 0. The molecule has 0 spiro atoms. The maximum Gasteiger partial charge on any atom is 0.170 e. The molecule has 0 unspecified atom stereocenters. The van der Waals surface area contributed by atoms with Gasteiger partial charge in [0.05, 0.1) is 0 Å². The summed E-state index contributed by atoms with van der Waals surface area (Å²) in [6.45, 7) is 0.769. The summed E-state index contributed by atoms with van der Waals surface area (Å²) in [4.78, 5) is 4.64. The first-order valence-electron chi connectivity index (χ1n) is 6.04. The van der Waals surface area contributed by atoms with Crippen LogP contribution in [-0.2, 0) is 11.4 Å². The van der Waals surface area contributed by atoms with Crippen LogP contribution in [0.25, 0.3) is 0 Å². The molecule has 0 aliphatic rings. The fourth-order valence-electron chi connectivity index (χ4n) is 1.70. The Balaban J connectivity index is 1.97. The second kappa shape index (κ2) is 6.44. The van der Waals surface area contributed by atoms with Crippen LogP contribution < -0.4 is 11.1 Å². The molecule has 0 amide bonds. The molecule has 0 fully saturated rings. The largest absolute Gasteiger partial charge is 0.397 e. The second-order valence-corrected chi connectivity index (χ2v) is 4.08. The normalized spacial score (nSPS) is 11.1. The highest BCUT2D eigenvalue weighted by Gasteiger charge is 1.99. The van der Waals surface area contributed by atoms with Crippen molar-refractivity contribution in [2.45, 2.75) is 6.54 Å². The number of oxime groups is 1. The third kappa shape index (κ3) is 3.74. The van der Waals surface area contributed by atoms with Crippen molar-refractivity contribution in [2.75, 3.05) is 12.4 Å². The molecule has 4 heteroatoms. The molecule has 0 radical (unpaired) electrons. The van der Waals surface area contributed by atoms with Gasteiger partial charge in [0, 0.05) is 17.8 Å². The van der Waals surface area contributed by atoms with Gasteiger partial charge in [-0.25, -0.2) is 0 Å². The monoisotopic (exact) mass is 255 g/mol. The molecule has 2 aromatic carbocycles. The van der Waals surface area contributed by atoms with Crippen LogP contribution in [0.1, 0.15) is 11.1 Å². The SMILES string of the molecule is CON=C(N)c1ccc(CNc2ccccc2)cc1. The molecule has 0 aliphatic carbocycles. The number of nitrogens with two attached hydrogens (primary N) is 1. The summed E-state index contributed by atoms with van der Waals surface area (Å²) < 4.78 is 0. The topological polar surface area (TPSA) is 59.6 Å². The van der Waals surface area contributed by atoms with Crippen LogP contribution >= 0.6 is 0 Å². The van der Waals surface area contributed by atoms with Crippen LogP contribution in [-0.4, -0.2) is 12.9 Å². The summed E-state index contributed by atoms with van der Waals surface area (Å²) in [6.07, 6.45) is 0. The van der Waals surface area contributed by atoms with Gasteiger partial charge in [0.1, 0.15) is 7.11 Å². The summed E-state index contributed by atoms with van der Waals surface area (Å²) in [5, 5.41) is 7.05. The van der Waals surface area contributed by atoms with Crippen molar-refractivity contribution in [3.05, 3.63) is 65.7 Å². The standard InChI is InChI=1S/C15H17N3O/c1-19-18-15(16)13-9-7-12(8-10-13)11-17-14-5-3-2-4-6-14/h2-10,17H,11H2,1H3,(H2,16,18). The molecule has 19 heavy (non-hydrogen) atoms. The Bertz CT molecular complexity index is 535. The number of hydrogen-bond acceptors (Lipinski definition) is 3. The van der Waals surface area contributed by atoms with Gasteiger partial charge < -0.3 is 15.9 Å². The lowest BCUT2D eigenvalue weighted by Crippen LogP contribution is -2.13. The summed E-state index contributed by atoms with van der Waals surface area (Å²) in [6, 6.07) is 18.0. The lowest BCUT2D eigenvalue weighted by Gasteiger charge is -2.07. The van der Waals surface area contributed by atoms with Crippen LogP contribution in [0.15, 0.2) is 59.8 Å². The zero-order valence-corrected chi connectivity index (χ0v) is 10.8. The molecule has 3 N–H and O–H groups in total. The Morgan fingerprint density at radius 2 is 1.79 bits per heavy atom. The first-order valence-corrected chi connectivity index (χ1v) is 6.04. The highest BCUT2D eigenvalue weighted by Crippen LogP contribution is 2.09. The van der Waals surface area contributed by atoms with E-state index in [0.717, 1.165) is 17.8 Å². The molecule has 4 nitrogen and oxygen atoms in total. The van der Waals surface area contributed by atoms with Gasteiger partial charge in [-0.15, -0.1) is 0 Å². The lowest BCUT2D eigenvalue weighted by atomic mass is 10.1. The van der Waals surface area contributed by atoms with E-state index in [1.807, 2.05) is 54.6 Å². The van der Waals surface area contributed by atoms with Crippen molar-refractivity contribution >= 4 is 11.5 Å². The van der Waals surface area contributed by atoms with E-state index >= 15 is 0 Å². The molecular formula is C15H17N3O. The Labute approximate surface area is 112 Å². The molecule has 0 aliphatic heterocycles. The minimum atomic E-state index is 0.380. The number of benzene rings is 2. The van der Waals surface area contributed by atoms with Crippen molar-refractivity contribution < 1.29 is 4.84 Å². The zero-order chi connectivity index (χ0) is 13.5. The van der Waals surface area contributed by atoms with Gasteiger partial charge in [0.25, 0.3) is 0 Å². The van der Waals surface area contributed by atoms with Gasteiger partial charge in [-0.2, -0.15) is 0 Å². The summed E-state index contributed by atoms with van der Waals surface area (Å²) in [5.74, 6) is 0.380. The first-order chi connectivity index (χ1) is 9.29.